The lowest BCUT2D eigenvalue weighted by Crippen LogP contribution is -3.50. The standard InChI is InChI=1S/C24H48O7Si7/c1-17-18(25-32-2)21(27-34-4)19(17,26-33-3)23(30-37(11,12)13)20(17,28-35(5,6)7)22(18,29-36(8,9)10)24(21,23)31-38(14,15)16/h1-16H3. The van der Waals surface area contributed by atoms with Gasteiger partial charge in [0.25, 0.3) is 0 Å². The SMILES string of the molecule is C[Si]OC12C3(C)C4(O[Si]C)C1(O[Si]C)C1(O[Si](C)(C)C)C2(O[Si](C)(C)C)C3(O[Si](C)(C)C)C41O[Si](C)(C)C. The molecule has 6 fully saturated rings. The second-order valence-corrected chi connectivity index (χ2v) is 35.2. The van der Waals surface area contributed by atoms with Crippen LogP contribution in [-0.2, 0) is 31.0 Å². The molecule has 4 unspecified atom stereocenters. The first-order valence-electron chi connectivity index (χ1n) is 13.9. The lowest BCUT2D eigenvalue weighted by molar-refractivity contribution is -0.839. The van der Waals surface area contributed by atoms with Crippen molar-refractivity contribution in [3.05, 3.63) is 0 Å². The topological polar surface area (TPSA) is 64.6 Å². The zero-order valence-electron chi connectivity index (χ0n) is 26.4. The first kappa shape index (κ1) is 30.7. The minimum absolute atomic E-state index is 0.256. The summed E-state index contributed by atoms with van der Waals surface area (Å²) in [6.45, 7) is 35.9. The average Bonchev–Trinajstić information content (AvgIpc) is 2.69. The van der Waals surface area contributed by atoms with Gasteiger partial charge in [-0.3, -0.25) is 0 Å². The largest absolute Gasteiger partial charge is 0.405 e. The monoisotopic (exact) mass is 644 g/mol. The lowest BCUT2D eigenvalue weighted by atomic mass is 8.85. The normalized spacial score (nSPS) is 49.9. The van der Waals surface area contributed by atoms with E-state index in [1.807, 2.05) is 0 Å². The summed E-state index contributed by atoms with van der Waals surface area (Å²) in [6, 6.07) is 0. The fourth-order valence-corrected chi connectivity index (χ4v) is 17.9. The van der Waals surface area contributed by atoms with Gasteiger partial charge in [-0.25, -0.2) is 0 Å². The minimum atomic E-state index is -2.17. The van der Waals surface area contributed by atoms with Crippen molar-refractivity contribution in [2.24, 2.45) is 5.41 Å². The molecule has 6 saturated carbocycles. The van der Waals surface area contributed by atoms with Crippen LogP contribution in [0.25, 0.3) is 0 Å². The van der Waals surface area contributed by atoms with E-state index in [0.717, 1.165) is 0 Å². The predicted molar refractivity (Wildman–Crippen MR) is 163 cm³/mol. The maximum absolute atomic E-state index is 7.52. The average molecular weight is 645 g/mol. The Morgan fingerprint density at radius 3 is 0.868 bits per heavy atom. The molecule has 38 heavy (non-hydrogen) atoms. The van der Waals surface area contributed by atoms with Crippen LogP contribution in [0, 0.1) is 5.41 Å². The van der Waals surface area contributed by atoms with Crippen molar-refractivity contribution in [3.63, 3.8) is 0 Å². The van der Waals surface area contributed by atoms with E-state index < -0.39 is 77.9 Å². The van der Waals surface area contributed by atoms with Gasteiger partial charge in [-0.2, -0.15) is 0 Å². The Morgan fingerprint density at radius 1 is 0.368 bits per heavy atom. The van der Waals surface area contributed by atoms with Crippen LogP contribution in [0.1, 0.15) is 6.92 Å². The quantitative estimate of drug-likeness (QED) is 0.254. The highest BCUT2D eigenvalue weighted by Gasteiger charge is 3.44. The van der Waals surface area contributed by atoms with Gasteiger partial charge < -0.3 is 31.0 Å². The van der Waals surface area contributed by atoms with Gasteiger partial charge in [0.05, 0.1) is 5.41 Å². The molecule has 6 radical (unpaired) electrons. The Labute approximate surface area is 242 Å². The molecule has 0 aliphatic heterocycles. The van der Waals surface area contributed by atoms with E-state index in [4.69, 9.17) is 31.0 Å². The summed E-state index contributed by atoms with van der Waals surface area (Å²) in [6.07, 6.45) is 0. The van der Waals surface area contributed by atoms with Gasteiger partial charge in [-0.15, -0.1) is 0 Å². The molecule has 0 amide bonds. The Bertz CT molecular complexity index is 997. The second kappa shape index (κ2) is 7.65. The van der Waals surface area contributed by atoms with E-state index >= 15 is 0 Å². The summed E-state index contributed by atoms with van der Waals surface area (Å²) >= 11 is 0. The molecule has 0 heterocycles. The van der Waals surface area contributed by atoms with Crippen LogP contribution in [-0.4, -0.2) is 102 Å². The first-order chi connectivity index (χ1) is 17.0. The Hall–Kier alpha value is 1.24. The number of hydrogen-bond donors (Lipinski definition) is 0. The zero-order chi connectivity index (χ0) is 29.1. The highest BCUT2D eigenvalue weighted by molar-refractivity contribution is 6.72. The molecule has 0 N–H and O–H groups in total. The maximum Gasteiger partial charge on any atom is 0.227 e. The van der Waals surface area contributed by atoms with Crippen LogP contribution in [0.15, 0.2) is 0 Å². The molecule has 0 spiro atoms. The van der Waals surface area contributed by atoms with Crippen molar-refractivity contribution < 1.29 is 31.0 Å². The second-order valence-electron chi connectivity index (χ2n) is 15.7. The van der Waals surface area contributed by atoms with Crippen LogP contribution in [0.5, 0.6) is 0 Å². The summed E-state index contributed by atoms with van der Waals surface area (Å²) in [7, 11) is -7.77. The van der Waals surface area contributed by atoms with Gasteiger partial charge in [-0.1, -0.05) is 6.92 Å². The minimum Gasteiger partial charge on any atom is -0.405 e. The van der Waals surface area contributed by atoms with Crippen molar-refractivity contribution in [1.29, 1.82) is 0 Å². The molecule has 0 aromatic carbocycles. The van der Waals surface area contributed by atoms with Crippen LogP contribution < -0.4 is 0 Å². The number of hydrogen-bond acceptors (Lipinski definition) is 7. The molecular formula is C24H48O7Si7. The molecule has 0 bridgehead atoms. The van der Waals surface area contributed by atoms with Crippen LogP contribution in [0.2, 0.25) is 98.2 Å². The van der Waals surface area contributed by atoms with E-state index in [1.165, 1.54) is 0 Å². The lowest BCUT2D eigenvalue weighted by Gasteiger charge is -3.25. The zero-order valence-corrected chi connectivity index (χ0v) is 33.4. The van der Waals surface area contributed by atoms with E-state index in [0.29, 0.717) is 0 Å². The van der Waals surface area contributed by atoms with Gasteiger partial charge >= 0.3 is 0 Å². The molecule has 7 nitrogen and oxygen atoms in total. The van der Waals surface area contributed by atoms with Crippen LogP contribution >= 0.6 is 0 Å². The fraction of sp³-hybridized carbons (Fsp3) is 1.00. The molecule has 6 aliphatic rings. The molecule has 6 rings (SSSR count). The molecule has 0 aromatic heterocycles. The highest BCUT2D eigenvalue weighted by Crippen LogP contribution is 3.18. The van der Waals surface area contributed by atoms with Gasteiger partial charge in [0.1, 0.15) is 16.8 Å². The molecule has 6 aliphatic carbocycles. The molecule has 0 saturated heterocycles. The van der Waals surface area contributed by atoms with Crippen LogP contribution in [0.4, 0.5) is 0 Å². The molecule has 14 heteroatoms. The van der Waals surface area contributed by atoms with E-state index in [1.54, 1.807) is 0 Å². The smallest absolute Gasteiger partial charge is 0.227 e. The van der Waals surface area contributed by atoms with E-state index in [-0.39, 0.29) is 29.3 Å². The van der Waals surface area contributed by atoms with Crippen LogP contribution in [0.3, 0.4) is 0 Å². The van der Waals surface area contributed by atoms with Crippen molar-refractivity contribution in [2.75, 3.05) is 0 Å². The van der Waals surface area contributed by atoms with Gasteiger partial charge in [0.2, 0.25) is 29.3 Å². The molecule has 0 aromatic rings. The fourth-order valence-electron chi connectivity index (χ4n) is 10.1. The summed E-state index contributed by atoms with van der Waals surface area (Å²) in [5.74, 6) is 0. The third-order valence-corrected chi connectivity index (χ3v) is 14.4. The summed E-state index contributed by atoms with van der Waals surface area (Å²) < 4.78 is 51.1. The molecule has 4 atom stereocenters. The maximum atomic E-state index is 7.52. The van der Waals surface area contributed by atoms with Crippen molar-refractivity contribution in [1.82, 2.24) is 0 Å². The predicted octanol–water partition coefficient (Wildman–Crippen LogP) is 4.69. The third-order valence-electron chi connectivity index (χ3n) is 9.18. The Balaban J connectivity index is 1.91. The van der Waals surface area contributed by atoms with Crippen molar-refractivity contribution >= 4 is 62.6 Å². The van der Waals surface area contributed by atoms with Gasteiger partial charge in [0, 0.05) is 0 Å². The summed E-state index contributed by atoms with van der Waals surface area (Å²) in [5.41, 5.74) is -5.79. The van der Waals surface area contributed by atoms with Crippen molar-refractivity contribution in [2.45, 2.75) is 144 Å². The first-order valence-corrected chi connectivity index (χ1v) is 31.7. The summed E-state index contributed by atoms with van der Waals surface area (Å²) in [5, 5.41) is 0. The Morgan fingerprint density at radius 2 is 0.605 bits per heavy atom. The number of rotatable bonds is 14. The third kappa shape index (κ3) is 2.32. The summed E-state index contributed by atoms with van der Waals surface area (Å²) in [4.78, 5) is 0. The van der Waals surface area contributed by atoms with E-state index in [9.17, 15) is 0 Å². The molecular weight excluding hydrogens is 597 g/mol. The molecule has 214 valence electrons. The highest BCUT2D eigenvalue weighted by atomic mass is 28.4. The Kier molecular flexibility index (Phi) is 6.18. The van der Waals surface area contributed by atoms with Gasteiger partial charge in [-0.05, 0) is 98.2 Å². The van der Waals surface area contributed by atoms with Crippen molar-refractivity contribution in [3.8, 4) is 0 Å². The van der Waals surface area contributed by atoms with Gasteiger partial charge in [0.15, 0.2) is 55.7 Å². The van der Waals surface area contributed by atoms with E-state index in [2.05, 4.69) is 105 Å².